The van der Waals surface area contributed by atoms with E-state index in [0.717, 1.165) is 6.42 Å². The molecule has 16 heavy (non-hydrogen) atoms. The molecule has 88 valence electrons. The summed E-state index contributed by atoms with van der Waals surface area (Å²) < 4.78 is 5.13. The second-order valence-corrected chi connectivity index (χ2v) is 3.20. The van der Waals surface area contributed by atoms with Crippen LogP contribution < -0.4 is 5.32 Å². The van der Waals surface area contributed by atoms with E-state index in [0.29, 0.717) is 19.8 Å². The Balaban J connectivity index is 2.33. The van der Waals surface area contributed by atoms with Gasteiger partial charge in [-0.25, -0.2) is 0 Å². The summed E-state index contributed by atoms with van der Waals surface area (Å²) in [5.41, 5.74) is 0.242. The van der Waals surface area contributed by atoms with Crippen molar-refractivity contribution in [2.75, 3.05) is 19.8 Å². The summed E-state index contributed by atoms with van der Waals surface area (Å²) in [4.78, 5) is 15.3. The number of hydrogen-bond acceptors (Lipinski definition) is 4. The molecule has 5 nitrogen and oxygen atoms in total. The molecule has 0 aromatic carbocycles. The molecule has 0 fully saturated rings. The summed E-state index contributed by atoms with van der Waals surface area (Å²) in [7, 11) is 0. The lowest BCUT2D eigenvalue weighted by molar-refractivity contribution is 0.0941. The first kappa shape index (κ1) is 12.4. The van der Waals surface area contributed by atoms with Crippen molar-refractivity contribution < 1.29 is 14.6 Å². The molecule has 0 aliphatic carbocycles. The predicted molar refractivity (Wildman–Crippen MR) is 59.3 cm³/mol. The van der Waals surface area contributed by atoms with Crippen LogP contribution in [0.5, 0.6) is 5.75 Å². The summed E-state index contributed by atoms with van der Waals surface area (Å²) in [5.74, 6) is -0.402. The maximum atomic E-state index is 11.6. The van der Waals surface area contributed by atoms with Crippen LogP contribution in [0, 0.1) is 0 Å². The van der Waals surface area contributed by atoms with Gasteiger partial charge in [-0.05, 0) is 19.4 Å². The maximum Gasteiger partial charge on any atom is 0.255 e. The average Bonchev–Trinajstić information content (AvgIpc) is 2.29. The van der Waals surface area contributed by atoms with Crippen LogP contribution in [0.4, 0.5) is 0 Å². The number of nitrogens with one attached hydrogen (secondary N) is 1. The minimum atomic E-state index is -0.295. The van der Waals surface area contributed by atoms with Crippen molar-refractivity contribution in [1.82, 2.24) is 10.3 Å². The summed E-state index contributed by atoms with van der Waals surface area (Å²) in [6, 6.07) is 1.48. The number of rotatable bonds is 6. The normalized spacial score (nSPS) is 10.1. The van der Waals surface area contributed by atoms with Crippen LogP contribution in [0.15, 0.2) is 18.5 Å². The quantitative estimate of drug-likeness (QED) is 0.705. The van der Waals surface area contributed by atoms with Gasteiger partial charge in [0.1, 0.15) is 5.75 Å². The molecule has 0 aliphatic rings. The van der Waals surface area contributed by atoms with Gasteiger partial charge in [0.15, 0.2) is 0 Å². The molecular formula is C11H16N2O3. The highest BCUT2D eigenvalue weighted by Gasteiger charge is 2.09. The number of ether oxygens (including phenoxy) is 1. The Bertz CT molecular complexity index is 342. The van der Waals surface area contributed by atoms with Crippen molar-refractivity contribution >= 4 is 5.91 Å². The van der Waals surface area contributed by atoms with Crippen LogP contribution in [-0.4, -0.2) is 35.8 Å². The third-order valence-corrected chi connectivity index (χ3v) is 2.00. The standard InChI is InChI=1S/C11H16N2O3/c1-2-16-7-3-5-13-11(15)9-4-6-12-8-10(9)14/h4,6,8,14H,2-3,5,7H2,1H3,(H,13,15). The van der Waals surface area contributed by atoms with E-state index in [4.69, 9.17) is 4.74 Å². The van der Waals surface area contributed by atoms with Gasteiger partial charge < -0.3 is 15.2 Å². The van der Waals surface area contributed by atoms with Gasteiger partial charge in [-0.15, -0.1) is 0 Å². The summed E-state index contributed by atoms with van der Waals surface area (Å²) in [6.45, 7) is 3.76. The fraction of sp³-hybridized carbons (Fsp3) is 0.455. The lowest BCUT2D eigenvalue weighted by atomic mass is 10.2. The second kappa shape index (κ2) is 6.79. The van der Waals surface area contributed by atoms with E-state index in [1.54, 1.807) is 0 Å². The van der Waals surface area contributed by atoms with E-state index in [2.05, 4.69) is 10.3 Å². The zero-order chi connectivity index (χ0) is 11.8. The molecular weight excluding hydrogens is 208 g/mol. The van der Waals surface area contributed by atoms with Gasteiger partial charge in [0.2, 0.25) is 0 Å². The highest BCUT2D eigenvalue weighted by molar-refractivity contribution is 5.96. The van der Waals surface area contributed by atoms with E-state index < -0.39 is 0 Å². The number of amides is 1. The molecule has 0 aliphatic heterocycles. The molecule has 1 rings (SSSR count). The fourth-order valence-corrected chi connectivity index (χ4v) is 1.19. The van der Waals surface area contributed by atoms with Crippen LogP contribution in [-0.2, 0) is 4.74 Å². The van der Waals surface area contributed by atoms with Crippen molar-refractivity contribution in [3.8, 4) is 5.75 Å². The largest absolute Gasteiger partial charge is 0.505 e. The minimum absolute atomic E-state index is 0.107. The van der Waals surface area contributed by atoms with Crippen molar-refractivity contribution in [2.24, 2.45) is 0 Å². The molecule has 5 heteroatoms. The third-order valence-electron chi connectivity index (χ3n) is 2.00. The Kier molecular flexibility index (Phi) is 5.28. The van der Waals surface area contributed by atoms with Gasteiger partial charge in [0.05, 0.1) is 11.8 Å². The number of nitrogens with zero attached hydrogens (tertiary/aromatic N) is 1. The van der Waals surface area contributed by atoms with E-state index in [-0.39, 0.29) is 17.2 Å². The van der Waals surface area contributed by atoms with Crippen molar-refractivity contribution in [2.45, 2.75) is 13.3 Å². The Labute approximate surface area is 94.5 Å². The Morgan fingerprint density at radius 1 is 1.62 bits per heavy atom. The van der Waals surface area contributed by atoms with E-state index in [1.807, 2.05) is 6.92 Å². The summed E-state index contributed by atoms with van der Waals surface area (Å²) in [5, 5.41) is 12.1. The van der Waals surface area contributed by atoms with Gasteiger partial charge >= 0.3 is 0 Å². The summed E-state index contributed by atoms with van der Waals surface area (Å²) >= 11 is 0. The van der Waals surface area contributed by atoms with Crippen LogP contribution in [0.2, 0.25) is 0 Å². The van der Waals surface area contributed by atoms with Crippen LogP contribution >= 0.6 is 0 Å². The zero-order valence-corrected chi connectivity index (χ0v) is 9.27. The topological polar surface area (TPSA) is 71.5 Å². The van der Waals surface area contributed by atoms with E-state index in [1.165, 1.54) is 18.5 Å². The van der Waals surface area contributed by atoms with Crippen LogP contribution in [0.25, 0.3) is 0 Å². The smallest absolute Gasteiger partial charge is 0.255 e. The molecule has 1 heterocycles. The third kappa shape index (κ3) is 3.86. The van der Waals surface area contributed by atoms with Crippen molar-refractivity contribution in [3.63, 3.8) is 0 Å². The number of hydrogen-bond donors (Lipinski definition) is 2. The molecule has 0 saturated heterocycles. The van der Waals surface area contributed by atoms with Gasteiger partial charge in [0, 0.05) is 26.0 Å². The van der Waals surface area contributed by atoms with Gasteiger partial charge in [-0.2, -0.15) is 0 Å². The molecule has 0 radical (unpaired) electrons. The Morgan fingerprint density at radius 2 is 2.44 bits per heavy atom. The monoisotopic (exact) mass is 224 g/mol. The Hall–Kier alpha value is -1.62. The van der Waals surface area contributed by atoms with Crippen LogP contribution in [0.3, 0.4) is 0 Å². The van der Waals surface area contributed by atoms with Crippen LogP contribution in [0.1, 0.15) is 23.7 Å². The lowest BCUT2D eigenvalue weighted by Crippen LogP contribution is -2.25. The van der Waals surface area contributed by atoms with Crippen molar-refractivity contribution in [3.05, 3.63) is 24.0 Å². The van der Waals surface area contributed by atoms with E-state index >= 15 is 0 Å². The number of pyridine rings is 1. The molecule has 0 atom stereocenters. The molecule has 1 amide bonds. The van der Waals surface area contributed by atoms with Crippen molar-refractivity contribution in [1.29, 1.82) is 0 Å². The maximum absolute atomic E-state index is 11.6. The molecule has 1 aromatic rings. The molecule has 0 spiro atoms. The zero-order valence-electron chi connectivity index (χ0n) is 9.27. The Morgan fingerprint density at radius 3 is 3.12 bits per heavy atom. The number of carbonyl (C=O) groups excluding carboxylic acids is 1. The first-order valence-electron chi connectivity index (χ1n) is 5.24. The van der Waals surface area contributed by atoms with Gasteiger partial charge in [-0.1, -0.05) is 0 Å². The first-order chi connectivity index (χ1) is 7.75. The molecule has 0 bridgehead atoms. The minimum Gasteiger partial charge on any atom is -0.505 e. The van der Waals surface area contributed by atoms with Gasteiger partial charge in [-0.3, -0.25) is 9.78 Å². The first-order valence-corrected chi connectivity index (χ1v) is 5.24. The fourth-order valence-electron chi connectivity index (χ4n) is 1.19. The number of carbonyl (C=O) groups is 1. The molecule has 0 unspecified atom stereocenters. The number of aromatic hydroxyl groups is 1. The van der Waals surface area contributed by atoms with Gasteiger partial charge in [0.25, 0.3) is 5.91 Å². The summed E-state index contributed by atoms with van der Waals surface area (Å²) in [6.07, 6.45) is 3.47. The van der Waals surface area contributed by atoms with E-state index in [9.17, 15) is 9.90 Å². The number of aromatic nitrogens is 1. The molecule has 2 N–H and O–H groups in total. The lowest BCUT2D eigenvalue weighted by Gasteiger charge is -2.06. The average molecular weight is 224 g/mol. The highest BCUT2D eigenvalue weighted by atomic mass is 16.5. The highest BCUT2D eigenvalue weighted by Crippen LogP contribution is 2.12. The predicted octanol–water partition coefficient (Wildman–Crippen LogP) is 0.944. The molecule has 0 saturated carbocycles. The second-order valence-electron chi connectivity index (χ2n) is 3.20. The SMILES string of the molecule is CCOCCCNC(=O)c1ccncc1O. The molecule has 1 aromatic heterocycles.